The lowest BCUT2D eigenvalue weighted by Gasteiger charge is -2.41. The molecule has 0 aromatic heterocycles. The van der Waals surface area contributed by atoms with Crippen molar-refractivity contribution in [3.8, 4) is 5.75 Å². The molecule has 0 saturated carbocycles. The minimum absolute atomic E-state index is 0.0185. The largest absolute Gasteiger partial charge is 0.482 e. The Morgan fingerprint density at radius 2 is 1.61 bits per heavy atom. The SMILES string of the molecule is Cc1ccc([C@H]2CN=N[C@]23C(=O)c2ccccc2O[C@H]3c2ccccc2)cc1. The number of rotatable bonds is 2. The standard InChI is InChI=1S/C24H20N2O2/c1-16-11-13-17(14-12-16)20-15-25-26-24(20)22(27)19-9-5-6-10-21(19)28-23(24)18-7-3-2-4-8-18/h2-14,20,23H,15H2,1H3/t20-,23+,24+/m1/s1. The van der Waals surface area contributed by atoms with E-state index in [4.69, 9.17) is 4.74 Å². The molecule has 2 heterocycles. The number of azo groups is 1. The summed E-state index contributed by atoms with van der Waals surface area (Å²) in [7, 11) is 0. The fraction of sp³-hybridized carbons (Fsp3) is 0.208. The van der Waals surface area contributed by atoms with Crippen LogP contribution in [0.25, 0.3) is 0 Å². The summed E-state index contributed by atoms with van der Waals surface area (Å²) in [5, 5.41) is 8.96. The number of carbonyl (C=O) groups is 1. The van der Waals surface area contributed by atoms with Crippen molar-refractivity contribution >= 4 is 5.78 Å². The summed E-state index contributed by atoms with van der Waals surface area (Å²) in [6, 6.07) is 25.6. The number of hydrogen-bond acceptors (Lipinski definition) is 4. The summed E-state index contributed by atoms with van der Waals surface area (Å²) in [5.41, 5.74) is 2.66. The normalized spacial score (nSPS) is 25.5. The van der Waals surface area contributed by atoms with E-state index >= 15 is 0 Å². The second kappa shape index (κ2) is 6.41. The maximum Gasteiger partial charge on any atom is 0.200 e. The van der Waals surface area contributed by atoms with Crippen LogP contribution < -0.4 is 4.74 Å². The van der Waals surface area contributed by atoms with E-state index in [1.54, 1.807) is 0 Å². The predicted octanol–water partition coefficient (Wildman–Crippen LogP) is 5.30. The number of para-hydroxylation sites is 1. The van der Waals surface area contributed by atoms with Gasteiger partial charge in [-0.25, -0.2) is 0 Å². The van der Waals surface area contributed by atoms with Gasteiger partial charge in [-0.1, -0.05) is 72.3 Å². The summed E-state index contributed by atoms with van der Waals surface area (Å²) in [4.78, 5) is 13.8. The van der Waals surface area contributed by atoms with Gasteiger partial charge in [0.15, 0.2) is 11.6 Å². The molecule has 4 heteroatoms. The molecule has 2 aliphatic heterocycles. The summed E-state index contributed by atoms with van der Waals surface area (Å²) >= 11 is 0. The maximum absolute atomic E-state index is 13.8. The summed E-state index contributed by atoms with van der Waals surface area (Å²) in [6.07, 6.45) is -0.520. The monoisotopic (exact) mass is 368 g/mol. The van der Waals surface area contributed by atoms with Crippen molar-refractivity contribution in [3.63, 3.8) is 0 Å². The summed E-state index contributed by atoms with van der Waals surface area (Å²) in [6.45, 7) is 2.53. The van der Waals surface area contributed by atoms with Gasteiger partial charge in [0.25, 0.3) is 0 Å². The first-order chi connectivity index (χ1) is 13.7. The average molecular weight is 368 g/mol. The first-order valence-corrected chi connectivity index (χ1v) is 9.51. The van der Waals surface area contributed by atoms with Crippen LogP contribution in [0, 0.1) is 6.92 Å². The van der Waals surface area contributed by atoms with Gasteiger partial charge in [0.2, 0.25) is 5.78 Å². The van der Waals surface area contributed by atoms with Crippen LogP contribution in [-0.2, 0) is 0 Å². The van der Waals surface area contributed by atoms with Gasteiger partial charge in [-0.3, -0.25) is 4.79 Å². The molecule has 3 atom stereocenters. The van der Waals surface area contributed by atoms with Gasteiger partial charge in [0, 0.05) is 5.92 Å². The van der Waals surface area contributed by atoms with E-state index < -0.39 is 11.6 Å². The van der Waals surface area contributed by atoms with E-state index in [1.807, 2.05) is 54.6 Å². The highest BCUT2D eigenvalue weighted by atomic mass is 16.5. The van der Waals surface area contributed by atoms with Gasteiger partial charge in [-0.05, 0) is 30.2 Å². The Balaban J connectivity index is 1.72. The van der Waals surface area contributed by atoms with E-state index in [1.165, 1.54) is 5.56 Å². The number of ether oxygens (including phenoxy) is 1. The van der Waals surface area contributed by atoms with Gasteiger partial charge in [-0.15, -0.1) is 0 Å². The molecule has 0 amide bonds. The highest BCUT2D eigenvalue weighted by Gasteiger charge is 2.60. The molecule has 4 nitrogen and oxygen atoms in total. The number of aryl methyl sites for hydroxylation is 1. The first kappa shape index (κ1) is 16.9. The highest BCUT2D eigenvalue weighted by Crippen LogP contribution is 2.52. The Bertz CT molecular complexity index is 1060. The van der Waals surface area contributed by atoms with E-state index in [0.717, 1.165) is 11.1 Å². The molecule has 5 rings (SSSR count). The van der Waals surface area contributed by atoms with Crippen LogP contribution in [0.3, 0.4) is 0 Å². The van der Waals surface area contributed by atoms with E-state index in [-0.39, 0.29) is 11.7 Å². The fourth-order valence-electron chi connectivity index (χ4n) is 4.30. The molecule has 0 N–H and O–H groups in total. The molecule has 3 aromatic carbocycles. The smallest absolute Gasteiger partial charge is 0.200 e. The van der Waals surface area contributed by atoms with Crippen molar-refractivity contribution in [1.82, 2.24) is 0 Å². The van der Waals surface area contributed by atoms with Gasteiger partial charge >= 0.3 is 0 Å². The third-order valence-corrected chi connectivity index (χ3v) is 5.75. The number of benzene rings is 3. The Morgan fingerprint density at radius 1 is 0.893 bits per heavy atom. The van der Waals surface area contributed by atoms with Crippen molar-refractivity contribution in [2.45, 2.75) is 24.5 Å². The molecule has 0 fully saturated rings. The lowest BCUT2D eigenvalue weighted by molar-refractivity contribution is 0.0521. The topological polar surface area (TPSA) is 51.0 Å². The van der Waals surface area contributed by atoms with Crippen LogP contribution in [0.1, 0.15) is 39.1 Å². The van der Waals surface area contributed by atoms with Crippen LogP contribution >= 0.6 is 0 Å². The van der Waals surface area contributed by atoms with Crippen molar-refractivity contribution in [3.05, 3.63) is 101 Å². The molecule has 3 aromatic rings. The second-order valence-corrected chi connectivity index (χ2v) is 7.45. The van der Waals surface area contributed by atoms with E-state index in [9.17, 15) is 4.79 Å². The minimum atomic E-state index is -1.09. The van der Waals surface area contributed by atoms with Crippen LogP contribution in [-0.4, -0.2) is 17.9 Å². The van der Waals surface area contributed by atoms with Crippen LogP contribution in [0.5, 0.6) is 5.75 Å². The first-order valence-electron chi connectivity index (χ1n) is 9.51. The molecule has 0 saturated heterocycles. The van der Waals surface area contributed by atoms with Crippen LogP contribution in [0.4, 0.5) is 0 Å². The van der Waals surface area contributed by atoms with Gasteiger partial charge in [-0.2, -0.15) is 10.2 Å². The Hall–Kier alpha value is -3.27. The van der Waals surface area contributed by atoms with Gasteiger partial charge < -0.3 is 4.74 Å². The number of hydrogen-bond donors (Lipinski definition) is 0. The van der Waals surface area contributed by atoms with Gasteiger partial charge in [0.1, 0.15) is 5.75 Å². The van der Waals surface area contributed by atoms with Crippen molar-refractivity contribution in [1.29, 1.82) is 0 Å². The molecule has 1 spiro atoms. The molecule has 0 bridgehead atoms. The molecular formula is C24H20N2O2. The van der Waals surface area contributed by atoms with E-state index in [0.29, 0.717) is 17.9 Å². The highest BCUT2D eigenvalue weighted by molar-refractivity contribution is 6.08. The number of fused-ring (bicyclic) bond motifs is 1. The zero-order chi connectivity index (χ0) is 19.1. The molecular weight excluding hydrogens is 348 g/mol. The van der Waals surface area contributed by atoms with Crippen molar-refractivity contribution in [2.75, 3.05) is 6.54 Å². The Labute approximate surface area is 163 Å². The zero-order valence-corrected chi connectivity index (χ0v) is 15.6. The Morgan fingerprint density at radius 3 is 2.39 bits per heavy atom. The average Bonchev–Trinajstić information content (AvgIpc) is 3.17. The predicted molar refractivity (Wildman–Crippen MR) is 107 cm³/mol. The molecule has 2 aliphatic rings. The lowest BCUT2D eigenvalue weighted by Crippen LogP contribution is -2.51. The number of Topliss-reactive ketones (excluding diaryl/α,β-unsaturated/α-hetero) is 1. The second-order valence-electron chi connectivity index (χ2n) is 7.45. The van der Waals surface area contributed by atoms with Gasteiger partial charge in [0.05, 0.1) is 12.1 Å². The zero-order valence-electron chi connectivity index (χ0n) is 15.6. The number of ketones is 1. The molecule has 0 unspecified atom stereocenters. The number of carbonyl (C=O) groups excluding carboxylic acids is 1. The number of nitrogens with zero attached hydrogens (tertiary/aromatic N) is 2. The third kappa shape index (κ3) is 2.41. The van der Waals surface area contributed by atoms with E-state index in [2.05, 4.69) is 41.4 Å². The molecule has 28 heavy (non-hydrogen) atoms. The quantitative estimate of drug-likeness (QED) is 0.616. The summed E-state index contributed by atoms with van der Waals surface area (Å²) in [5.74, 6) is 0.422. The lowest BCUT2D eigenvalue weighted by atomic mass is 9.69. The van der Waals surface area contributed by atoms with Crippen molar-refractivity contribution in [2.24, 2.45) is 10.2 Å². The minimum Gasteiger partial charge on any atom is -0.482 e. The molecule has 0 radical (unpaired) electrons. The summed E-state index contributed by atoms with van der Waals surface area (Å²) < 4.78 is 6.43. The van der Waals surface area contributed by atoms with Crippen molar-refractivity contribution < 1.29 is 9.53 Å². The third-order valence-electron chi connectivity index (χ3n) is 5.75. The Kier molecular flexibility index (Phi) is 3.86. The van der Waals surface area contributed by atoms with Crippen LogP contribution in [0.15, 0.2) is 89.1 Å². The fourth-order valence-corrected chi connectivity index (χ4v) is 4.30. The van der Waals surface area contributed by atoms with Crippen LogP contribution in [0.2, 0.25) is 0 Å². The molecule has 0 aliphatic carbocycles. The maximum atomic E-state index is 13.8. The molecule has 138 valence electrons.